The van der Waals surface area contributed by atoms with Gasteiger partial charge in [0.15, 0.2) is 0 Å². The Morgan fingerprint density at radius 2 is 1.56 bits per heavy atom. The number of ether oxygens (including phenoxy) is 2. The summed E-state index contributed by atoms with van der Waals surface area (Å²) in [5, 5.41) is 5.66. The van der Waals surface area contributed by atoms with Gasteiger partial charge in [0, 0.05) is 54.9 Å². The van der Waals surface area contributed by atoms with Crippen molar-refractivity contribution in [3.63, 3.8) is 0 Å². The number of hydrazone groups is 1. The van der Waals surface area contributed by atoms with Crippen molar-refractivity contribution in [2.24, 2.45) is 5.10 Å². The summed E-state index contributed by atoms with van der Waals surface area (Å²) < 4.78 is 13.5. The van der Waals surface area contributed by atoms with Gasteiger partial charge in [0.25, 0.3) is 0 Å². The molecule has 10 nitrogen and oxygen atoms in total. The molecule has 10 heteroatoms. The highest BCUT2D eigenvalue weighted by Crippen LogP contribution is 2.24. The summed E-state index contributed by atoms with van der Waals surface area (Å²) in [5.74, 6) is 3.50. The maximum Gasteiger partial charge on any atom is 0.250 e. The lowest BCUT2D eigenvalue weighted by Crippen LogP contribution is -2.25. The Bertz CT molecular complexity index is 1410. The molecule has 2 aromatic heterocycles. The van der Waals surface area contributed by atoms with E-state index in [0.717, 1.165) is 66.0 Å². The van der Waals surface area contributed by atoms with Crippen LogP contribution in [-0.2, 0) is 6.54 Å². The van der Waals surface area contributed by atoms with Crippen LogP contribution >= 0.6 is 0 Å². The lowest BCUT2D eigenvalue weighted by Gasteiger charge is -2.20. The van der Waals surface area contributed by atoms with Crippen molar-refractivity contribution in [1.82, 2.24) is 19.5 Å². The Balaban J connectivity index is 1.18. The molecule has 2 saturated heterocycles. The molecule has 0 aliphatic carbocycles. The molecule has 0 radical (unpaired) electrons. The minimum atomic E-state index is 0.473. The molecule has 1 N–H and O–H groups in total. The fourth-order valence-corrected chi connectivity index (χ4v) is 5.20. The van der Waals surface area contributed by atoms with E-state index >= 15 is 0 Å². The summed E-state index contributed by atoms with van der Waals surface area (Å²) in [4.78, 5) is 18.6. The SMILES string of the molecule is COc1cccc(OCCn2cc(/C=N/Nc3nc(N4CCCC4)nc(N4CCCC4)n3)c3ccccc32)c1. The zero-order chi connectivity index (χ0) is 26.4. The highest BCUT2D eigenvalue weighted by molar-refractivity contribution is 5.99. The number of fused-ring (bicyclic) bond motifs is 1. The van der Waals surface area contributed by atoms with Crippen LogP contribution in [0.1, 0.15) is 31.2 Å². The number of benzene rings is 2. The number of nitrogens with zero attached hydrogens (tertiary/aromatic N) is 7. The molecule has 2 fully saturated rings. The predicted molar refractivity (Wildman–Crippen MR) is 154 cm³/mol. The van der Waals surface area contributed by atoms with E-state index in [1.807, 2.05) is 42.6 Å². The molecule has 2 aromatic carbocycles. The third-order valence-electron chi connectivity index (χ3n) is 7.22. The molecular formula is C29H34N8O2. The van der Waals surface area contributed by atoms with E-state index in [1.54, 1.807) is 7.11 Å². The Kier molecular flexibility index (Phi) is 7.42. The van der Waals surface area contributed by atoms with Gasteiger partial charge < -0.3 is 23.8 Å². The van der Waals surface area contributed by atoms with Gasteiger partial charge in [0.2, 0.25) is 17.8 Å². The second-order valence-corrected chi connectivity index (χ2v) is 9.84. The van der Waals surface area contributed by atoms with E-state index in [-0.39, 0.29) is 0 Å². The molecule has 2 aliphatic rings. The van der Waals surface area contributed by atoms with Crippen LogP contribution in [0.25, 0.3) is 10.9 Å². The van der Waals surface area contributed by atoms with Crippen LogP contribution in [0.15, 0.2) is 59.8 Å². The quantitative estimate of drug-likeness (QED) is 0.238. The van der Waals surface area contributed by atoms with Gasteiger partial charge in [-0.2, -0.15) is 20.1 Å². The number of hydrogen-bond acceptors (Lipinski definition) is 9. The van der Waals surface area contributed by atoms with E-state index in [1.165, 1.54) is 25.7 Å². The first-order valence-electron chi connectivity index (χ1n) is 13.7. The summed E-state index contributed by atoms with van der Waals surface area (Å²) in [6, 6.07) is 16.0. The second kappa shape index (κ2) is 11.6. The highest BCUT2D eigenvalue weighted by atomic mass is 16.5. The van der Waals surface area contributed by atoms with Gasteiger partial charge in [0.05, 0.1) is 19.9 Å². The molecule has 0 unspecified atom stereocenters. The number of hydrogen-bond donors (Lipinski definition) is 1. The number of para-hydroxylation sites is 1. The van der Waals surface area contributed by atoms with Gasteiger partial charge in [-0.25, -0.2) is 5.43 Å². The summed E-state index contributed by atoms with van der Waals surface area (Å²) in [5.41, 5.74) is 5.21. The van der Waals surface area contributed by atoms with Crippen LogP contribution in [-0.4, -0.2) is 65.6 Å². The smallest absolute Gasteiger partial charge is 0.250 e. The second-order valence-electron chi connectivity index (χ2n) is 9.84. The molecule has 202 valence electrons. The van der Waals surface area contributed by atoms with Gasteiger partial charge in [-0.15, -0.1) is 0 Å². The molecule has 0 amide bonds. The molecule has 0 spiro atoms. The zero-order valence-corrected chi connectivity index (χ0v) is 22.3. The van der Waals surface area contributed by atoms with Crippen molar-refractivity contribution in [3.8, 4) is 11.5 Å². The van der Waals surface area contributed by atoms with E-state index in [4.69, 9.17) is 14.5 Å². The van der Waals surface area contributed by atoms with Gasteiger partial charge in [-0.1, -0.05) is 24.3 Å². The maximum atomic E-state index is 5.98. The monoisotopic (exact) mass is 526 g/mol. The fraction of sp³-hybridized carbons (Fsp3) is 0.379. The molecule has 0 saturated carbocycles. The predicted octanol–water partition coefficient (Wildman–Crippen LogP) is 4.56. The van der Waals surface area contributed by atoms with Crippen LogP contribution in [0.4, 0.5) is 17.8 Å². The third-order valence-corrected chi connectivity index (χ3v) is 7.22. The van der Waals surface area contributed by atoms with Crippen molar-refractivity contribution in [2.45, 2.75) is 32.2 Å². The summed E-state index contributed by atoms with van der Waals surface area (Å²) in [6.07, 6.45) is 8.60. The van der Waals surface area contributed by atoms with Crippen molar-refractivity contribution in [1.29, 1.82) is 0 Å². The van der Waals surface area contributed by atoms with E-state index in [0.29, 0.717) is 19.1 Å². The molecule has 39 heavy (non-hydrogen) atoms. The molecule has 2 aliphatic heterocycles. The van der Waals surface area contributed by atoms with Crippen LogP contribution in [0.2, 0.25) is 0 Å². The van der Waals surface area contributed by atoms with Crippen LogP contribution in [0.3, 0.4) is 0 Å². The first-order valence-corrected chi connectivity index (χ1v) is 13.7. The van der Waals surface area contributed by atoms with Crippen LogP contribution in [0, 0.1) is 0 Å². The molecule has 0 atom stereocenters. The van der Waals surface area contributed by atoms with Gasteiger partial charge in [-0.05, 0) is 43.9 Å². The number of aromatic nitrogens is 4. The molecule has 0 bridgehead atoms. The van der Waals surface area contributed by atoms with E-state index < -0.39 is 0 Å². The summed E-state index contributed by atoms with van der Waals surface area (Å²) in [7, 11) is 1.66. The van der Waals surface area contributed by atoms with Crippen molar-refractivity contribution in [3.05, 3.63) is 60.3 Å². The van der Waals surface area contributed by atoms with E-state index in [2.05, 4.69) is 53.2 Å². The highest BCUT2D eigenvalue weighted by Gasteiger charge is 2.21. The van der Waals surface area contributed by atoms with Crippen molar-refractivity contribution < 1.29 is 9.47 Å². The average Bonchev–Trinajstić information content (AvgIpc) is 3.76. The average molecular weight is 527 g/mol. The largest absolute Gasteiger partial charge is 0.497 e. The van der Waals surface area contributed by atoms with Gasteiger partial charge in [-0.3, -0.25) is 0 Å². The molecular weight excluding hydrogens is 492 g/mol. The first-order chi connectivity index (χ1) is 19.3. The first kappa shape index (κ1) is 25.0. The normalized spacial score (nSPS) is 15.5. The zero-order valence-electron chi connectivity index (χ0n) is 22.3. The van der Waals surface area contributed by atoms with Crippen molar-refractivity contribution >= 4 is 35.0 Å². The van der Waals surface area contributed by atoms with Gasteiger partial charge >= 0.3 is 0 Å². The molecule has 4 aromatic rings. The maximum absolute atomic E-state index is 5.98. The summed E-state index contributed by atoms with van der Waals surface area (Å²) in [6.45, 7) is 5.15. The number of anilines is 3. The van der Waals surface area contributed by atoms with Crippen LogP contribution < -0.4 is 24.7 Å². The lowest BCUT2D eigenvalue weighted by atomic mass is 10.2. The van der Waals surface area contributed by atoms with Gasteiger partial charge in [0.1, 0.15) is 18.1 Å². The topological polar surface area (TPSA) is 92.9 Å². The number of methoxy groups -OCH3 is 1. The third kappa shape index (κ3) is 5.74. The van der Waals surface area contributed by atoms with Crippen molar-refractivity contribution in [2.75, 3.05) is 55.1 Å². The van der Waals surface area contributed by atoms with Crippen LogP contribution in [0.5, 0.6) is 11.5 Å². The molecule has 6 rings (SSSR count). The Labute approximate surface area is 228 Å². The number of nitrogens with one attached hydrogen (secondary N) is 1. The minimum absolute atomic E-state index is 0.473. The lowest BCUT2D eigenvalue weighted by molar-refractivity contribution is 0.298. The summed E-state index contributed by atoms with van der Waals surface area (Å²) >= 11 is 0. The Morgan fingerprint density at radius 3 is 2.28 bits per heavy atom. The Morgan fingerprint density at radius 1 is 0.872 bits per heavy atom. The standard InChI is InChI=1S/C29H34N8O2/c1-38-23-9-8-10-24(19-23)39-18-17-37-21-22(25-11-2-3-12-26(25)37)20-30-34-27-31-28(35-13-4-5-14-35)33-29(32-27)36-15-6-7-16-36/h2-3,8-12,19-21H,4-7,13-18H2,1H3,(H,31,32,33,34)/b30-20+. The fourth-order valence-electron chi connectivity index (χ4n) is 5.20. The minimum Gasteiger partial charge on any atom is -0.497 e. The number of rotatable bonds is 10. The Hall–Kier alpha value is -4.34. The van der Waals surface area contributed by atoms with E-state index in [9.17, 15) is 0 Å². The molecule has 4 heterocycles.